The van der Waals surface area contributed by atoms with Gasteiger partial charge in [-0.2, -0.15) is 0 Å². The first-order valence-corrected chi connectivity index (χ1v) is 11.3. The molecule has 0 aliphatic heterocycles. The van der Waals surface area contributed by atoms with Crippen LogP contribution in [0.25, 0.3) is 11.6 Å². The molecule has 0 aliphatic rings. The fraction of sp³-hybridized carbons (Fsp3) is 0.0667. The largest absolute Gasteiger partial charge is 0.397 e. The number of benzene rings is 4. The molecule has 0 fully saturated rings. The summed E-state index contributed by atoms with van der Waals surface area (Å²) in [7, 11) is 0. The van der Waals surface area contributed by atoms with E-state index in [9.17, 15) is 14.0 Å². The van der Waals surface area contributed by atoms with Crippen LogP contribution in [-0.4, -0.2) is 11.7 Å². The molecule has 3 N–H and O–H groups in total. The molecule has 174 valence electrons. The number of carbonyl (C=O) groups excluding carboxylic acids is 2. The van der Waals surface area contributed by atoms with Gasteiger partial charge in [-0.3, -0.25) is 9.59 Å². The normalized spacial score (nSPS) is 11.2. The van der Waals surface area contributed by atoms with E-state index >= 15 is 0 Å². The third-order valence-electron chi connectivity index (χ3n) is 5.63. The first-order chi connectivity index (χ1) is 17.0. The minimum atomic E-state index is -0.362. The average Bonchev–Trinajstić information content (AvgIpc) is 2.89. The van der Waals surface area contributed by atoms with Crippen LogP contribution in [-0.2, 0) is 11.2 Å². The van der Waals surface area contributed by atoms with Crippen LogP contribution in [0, 0.1) is 5.82 Å². The highest BCUT2D eigenvalue weighted by atomic mass is 19.1. The Bertz CT molecular complexity index is 1350. The first kappa shape index (κ1) is 23.6. The molecule has 0 aliphatic carbocycles. The second-order valence-electron chi connectivity index (χ2n) is 8.14. The van der Waals surface area contributed by atoms with Crippen molar-refractivity contribution in [2.45, 2.75) is 12.8 Å². The number of carbonyl (C=O) groups is 2. The smallest absolute Gasteiger partial charge is 0.255 e. The van der Waals surface area contributed by atoms with E-state index in [0.717, 1.165) is 11.1 Å². The second-order valence-corrected chi connectivity index (χ2v) is 8.14. The van der Waals surface area contributed by atoms with Gasteiger partial charge in [0.05, 0.1) is 11.4 Å². The number of Topliss-reactive ketones (excluding diaryl/α,β-unsaturated/α-hetero) is 1. The highest BCUT2D eigenvalue weighted by molar-refractivity contribution is 6.25. The summed E-state index contributed by atoms with van der Waals surface area (Å²) in [6.45, 7) is 0. The van der Waals surface area contributed by atoms with Crippen molar-refractivity contribution in [3.05, 3.63) is 131 Å². The number of hydrogen-bond donors (Lipinski definition) is 2. The predicted octanol–water partition coefficient (Wildman–Crippen LogP) is 6.40. The van der Waals surface area contributed by atoms with Crippen LogP contribution < -0.4 is 11.1 Å². The maximum Gasteiger partial charge on any atom is 0.255 e. The molecule has 4 rings (SSSR count). The maximum absolute atomic E-state index is 13.5. The zero-order valence-corrected chi connectivity index (χ0v) is 19.1. The Labute approximate surface area is 203 Å². The number of rotatable bonds is 8. The molecule has 1 amide bonds. The van der Waals surface area contributed by atoms with Gasteiger partial charge in [0.25, 0.3) is 5.91 Å². The molecule has 4 aromatic rings. The highest BCUT2D eigenvalue weighted by Gasteiger charge is 2.14. The molecule has 0 bridgehead atoms. The molecule has 0 unspecified atom stereocenters. The minimum Gasteiger partial charge on any atom is -0.397 e. The standard InChI is InChI=1S/C30H25FN2O2/c31-25-17-15-23(16-18-25)26(29(34)19-12-21-6-2-1-3-7-21)20-22-10-13-24(14-11-22)30(35)33-28-9-5-4-8-27(28)32/h1-11,13-18,20H,12,19,32H2,(H,33,35)/b26-20+. The zero-order valence-electron chi connectivity index (χ0n) is 19.1. The van der Waals surface area contributed by atoms with E-state index in [1.165, 1.54) is 12.1 Å². The lowest BCUT2D eigenvalue weighted by Gasteiger charge is -2.10. The van der Waals surface area contributed by atoms with Crippen molar-refractivity contribution in [2.24, 2.45) is 0 Å². The van der Waals surface area contributed by atoms with Crippen molar-refractivity contribution in [1.29, 1.82) is 0 Å². The van der Waals surface area contributed by atoms with E-state index in [1.54, 1.807) is 66.7 Å². The number of nitrogens with two attached hydrogens (primary N) is 1. The van der Waals surface area contributed by atoms with Crippen molar-refractivity contribution in [1.82, 2.24) is 0 Å². The summed E-state index contributed by atoms with van der Waals surface area (Å²) in [6, 6.07) is 29.7. The summed E-state index contributed by atoms with van der Waals surface area (Å²) >= 11 is 0. The minimum absolute atomic E-state index is 0.0400. The first-order valence-electron chi connectivity index (χ1n) is 11.3. The summed E-state index contributed by atoms with van der Waals surface area (Å²) in [5, 5.41) is 2.80. The summed E-state index contributed by atoms with van der Waals surface area (Å²) in [5.74, 6) is -0.683. The number of nitrogens with one attached hydrogen (secondary N) is 1. The molecule has 4 nitrogen and oxygen atoms in total. The SMILES string of the molecule is Nc1ccccc1NC(=O)c1ccc(/C=C(/C(=O)CCc2ccccc2)c2ccc(F)cc2)cc1. The number of hydrogen-bond acceptors (Lipinski definition) is 3. The van der Waals surface area contributed by atoms with Crippen LogP contribution in [0.1, 0.15) is 33.5 Å². The topological polar surface area (TPSA) is 72.2 Å². The average molecular weight is 465 g/mol. The van der Waals surface area contributed by atoms with Gasteiger partial charge < -0.3 is 11.1 Å². The summed E-state index contributed by atoms with van der Waals surface area (Å²) in [4.78, 5) is 25.8. The van der Waals surface area contributed by atoms with Gasteiger partial charge >= 0.3 is 0 Å². The number of para-hydroxylation sites is 2. The Morgan fingerprint density at radius 1 is 0.771 bits per heavy atom. The van der Waals surface area contributed by atoms with E-state index in [2.05, 4.69) is 5.32 Å². The van der Waals surface area contributed by atoms with Crippen LogP contribution >= 0.6 is 0 Å². The lowest BCUT2D eigenvalue weighted by Crippen LogP contribution is -2.13. The third-order valence-corrected chi connectivity index (χ3v) is 5.63. The lowest BCUT2D eigenvalue weighted by atomic mass is 9.95. The Morgan fingerprint density at radius 3 is 2.09 bits per heavy atom. The van der Waals surface area contributed by atoms with Gasteiger partial charge in [0.2, 0.25) is 0 Å². The van der Waals surface area contributed by atoms with Crippen LogP contribution in [0.5, 0.6) is 0 Å². The van der Waals surface area contributed by atoms with Crippen molar-refractivity contribution >= 4 is 34.7 Å². The Kier molecular flexibility index (Phi) is 7.48. The number of anilines is 2. The van der Waals surface area contributed by atoms with E-state index in [4.69, 9.17) is 5.73 Å². The number of nitrogen functional groups attached to an aromatic ring is 1. The fourth-order valence-electron chi connectivity index (χ4n) is 3.69. The van der Waals surface area contributed by atoms with Crippen LogP contribution in [0.3, 0.4) is 0 Å². The van der Waals surface area contributed by atoms with Crippen molar-refractivity contribution in [2.75, 3.05) is 11.1 Å². The summed E-state index contributed by atoms with van der Waals surface area (Å²) in [5.41, 5.74) is 10.4. The van der Waals surface area contributed by atoms with E-state index in [0.29, 0.717) is 40.9 Å². The monoisotopic (exact) mass is 464 g/mol. The quantitative estimate of drug-likeness (QED) is 0.180. The van der Waals surface area contributed by atoms with Crippen LogP contribution in [0.2, 0.25) is 0 Å². The number of amides is 1. The molecule has 0 radical (unpaired) electrons. The molecule has 0 spiro atoms. The van der Waals surface area contributed by atoms with Gasteiger partial charge in [-0.05, 0) is 65.6 Å². The number of allylic oxidation sites excluding steroid dienone is 1. The third kappa shape index (κ3) is 6.30. The Balaban J connectivity index is 1.55. The van der Waals surface area contributed by atoms with Crippen molar-refractivity contribution in [3.63, 3.8) is 0 Å². The van der Waals surface area contributed by atoms with Crippen LogP contribution in [0.15, 0.2) is 103 Å². The van der Waals surface area contributed by atoms with Crippen molar-refractivity contribution < 1.29 is 14.0 Å². The molecule has 5 heteroatoms. The molecule has 0 heterocycles. The predicted molar refractivity (Wildman–Crippen MR) is 139 cm³/mol. The highest BCUT2D eigenvalue weighted by Crippen LogP contribution is 2.23. The van der Waals surface area contributed by atoms with Gasteiger partial charge in [0.15, 0.2) is 5.78 Å². The summed E-state index contributed by atoms with van der Waals surface area (Å²) < 4.78 is 13.5. The summed E-state index contributed by atoms with van der Waals surface area (Å²) in [6.07, 6.45) is 2.71. The molecule has 0 atom stereocenters. The molecule has 0 saturated heterocycles. The number of ketones is 1. The number of aryl methyl sites for hydroxylation is 1. The lowest BCUT2D eigenvalue weighted by molar-refractivity contribution is -0.113. The maximum atomic E-state index is 13.5. The molecular formula is C30H25FN2O2. The Hall–Kier alpha value is -4.51. The van der Waals surface area contributed by atoms with E-state index in [-0.39, 0.29) is 17.5 Å². The molecule has 0 aromatic heterocycles. The number of halogens is 1. The van der Waals surface area contributed by atoms with Crippen molar-refractivity contribution in [3.8, 4) is 0 Å². The zero-order chi connectivity index (χ0) is 24.6. The van der Waals surface area contributed by atoms with E-state index < -0.39 is 0 Å². The molecule has 0 saturated carbocycles. The van der Waals surface area contributed by atoms with Gasteiger partial charge in [-0.25, -0.2) is 4.39 Å². The van der Waals surface area contributed by atoms with E-state index in [1.807, 2.05) is 30.3 Å². The van der Waals surface area contributed by atoms with Gasteiger partial charge in [-0.1, -0.05) is 66.7 Å². The molecule has 35 heavy (non-hydrogen) atoms. The van der Waals surface area contributed by atoms with Crippen LogP contribution in [0.4, 0.5) is 15.8 Å². The second kappa shape index (κ2) is 11.1. The molecular weight excluding hydrogens is 439 g/mol. The fourth-order valence-corrected chi connectivity index (χ4v) is 3.69. The van der Waals surface area contributed by atoms with Gasteiger partial charge in [0, 0.05) is 17.6 Å². The Morgan fingerprint density at radius 2 is 1.40 bits per heavy atom. The van der Waals surface area contributed by atoms with Gasteiger partial charge in [-0.15, -0.1) is 0 Å². The van der Waals surface area contributed by atoms with Gasteiger partial charge in [0.1, 0.15) is 5.82 Å². The molecule has 4 aromatic carbocycles.